The number of rotatable bonds is 8. The highest BCUT2D eigenvalue weighted by Crippen LogP contribution is 2.25. The zero-order valence-corrected chi connectivity index (χ0v) is 19.4. The third kappa shape index (κ3) is 7.46. The van der Waals surface area contributed by atoms with E-state index in [1.54, 1.807) is 48.5 Å². The molecule has 0 aliphatic heterocycles. The van der Waals surface area contributed by atoms with E-state index >= 15 is 0 Å². The van der Waals surface area contributed by atoms with Crippen molar-refractivity contribution in [2.45, 2.75) is 37.0 Å². The molecule has 0 spiro atoms. The Labute approximate surface area is 202 Å². The summed E-state index contributed by atoms with van der Waals surface area (Å²) in [6.45, 7) is -0.563. The van der Waals surface area contributed by atoms with Crippen molar-refractivity contribution in [2.75, 3.05) is 17.7 Å². The summed E-state index contributed by atoms with van der Waals surface area (Å²) >= 11 is 1.14. The van der Waals surface area contributed by atoms with Crippen LogP contribution in [0.5, 0.6) is 0 Å². The van der Waals surface area contributed by atoms with Gasteiger partial charge in [-0.1, -0.05) is 37.5 Å². The molecule has 0 radical (unpaired) electrons. The summed E-state index contributed by atoms with van der Waals surface area (Å²) in [5.41, 5.74) is 1.16. The number of carbonyl (C=O) groups excluding carboxylic acids is 4. The Bertz CT molecular complexity index is 1110. The van der Waals surface area contributed by atoms with Crippen LogP contribution in [0.1, 0.15) is 48.0 Å². The van der Waals surface area contributed by atoms with Crippen LogP contribution in [0.25, 0.3) is 0 Å². The lowest BCUT2D eigenvalue weighted by molar-refractivity contribution is -0.135. The van der Waals surface area contributed by atoms with Crippen LogP contribution in [0.2, 0.25) is 0 Å². The first kappa shape index (κ1) is 25.0. The minimum absolute atomic E-state index is 0.0252. The predicted molar refractivity (Wildman–Crippen MR) is 127 cm³/mol. The molecule has 8 nitrogen and oxygen atoms in total. The second-order valence-corrected chi connectivity index (χ2v) is 8.87. The van der Waals surface area contributed by atoms with E-state index in [4.69, 9.17) is 10.00 Å². The number of nitrogens with zero attached hydrogens (tertiary/aromatic N) is 1. The summed E-state index contributed by atoms with van der Waals surface area (Å²) < 4.78 is 5.10. The molecule has 0 aromatic heterocycles. The average Bonchev–Trinajstić information content (AvgIpc) is 2.86. The average molecular weight is 480 g/mol. The third-order valence-electron chi connectivity index (χ3n) is 5.31. The Balaban J connectivity index is 1.50. The van der Waals surface area contributed by atoms with Gasteiger partial charge in [-0.05, 0) is 43.2 Å². The number of amides is 3. The summed E-state index contributed by atoms with van der Waals surface area (Å²) in [6, 6.07) is 15.2. The van der Waals surface area contributed by atoms with Crippen LogP contribution >= 0.6 is 11.8 Å². The smallest absolute Gasteiger partial charge is 0.339 e. The molecule has 1 aliphatic carbocycles. The maximum Gasteiger partial charge on any atom is 0.339 e. The molecule has 34 heavy (non-hydrogen) atoms. The Morgan fingerprint density at radius 2 is 1.76 bits per heavy atom. The van der Waals surface area contributed by atoms with Gasteiger partial charge in [0.05, 0.1) is 22.9 Å². The number of carbonyl (C=O) groups is 4. The summed E-state index contributed by atoms with van der Waals surface area (Å²) in [7, 11) is 0. The summed E-state index contributed by atoms with van der Waals surface area (Å²) in [5, 5.41) is 14.0. The molecule has 2 aromatic rings. The number of imide groups is 1. The first-order valence-corrected chi connectivity index (χ1v) is 12.0. The fourth-order valence-electron chi connectivity index (χ4n) is 3.62. The van der Waals surface area contributed by atoms with Gasteiger partial charge >= 0.3 is 5.97 Å². The van der Waals surface area contributed by atoms with Gasteiger partial charge in [-0.3, -0.25) is 19.7 Å². The molecule has 9 heteroatoms. The fraction of sp³-hybridized carbons (Fsp3) is 0.320. The maximum atomic E-state index is 12.5. The van der Waals surface area contributed by atoms with Crippen molar-refractivity contribution < 1.29 is 23.9 Å². The number of esters is 1. The Kier molecular flexibility index (Phi) is 9.23. The lowest BCUT2D eigenvalue weighted by Crippen LogP contribution is -2.38. The van der Waals surface area contributed by atoms with Gasteiger partial charge in [-0.25, -0.2) is 4.79 Å². The van der Waals surface area contributed by atoms with Crippen LogP contribution in [0, 0.1) is 17.2 Å². The van der Waals surface area contributed by atoms with Crippen LogP contribution in [0.4, 0.5) is 5.69 Å². The molecule has 2 aromatic carbocycles. The van der Waals surface area contributed by atoms with Gasteiger partial charge in [0.15, 0.2) is 6.61 Å². The van der Waals surface area contributed by atoms with Crippen LogP contribution in [0.3, 0.4) is 0 Å². The van der Waals surface area contributed by atoms with E-state index in [-0.39, 0.29) is 29.0 Å². The second-order valence-electron chi connectivity index (χ2n) is 7.85. The van der Waals surface area contributed by atoms with E-state index in [2.05, 4.69) is 10.6 Å². The highest BCUT2D eigenvalue weighted by atomic mass is 32.2. The summed E-state index contributed by atoms with van der Waals surface area (Å²) in [6.07, 6.45) is 4.57. The third-order valence-corrected chi connectivity index (χ3v) is 6.39. The number of hydrogen-bond donors (Lipinski definition) is 2. The second kappa shape index (κ2) is 12.6. The molecule has 1 fully saturated rings. The first-order valence-electron chi connectivity index (χ1n) is 11.0. The number of nitriles is 1. The van der Waals surface area contributed by atoms with Gasteiger partial charge < -0.3 is 10.1 Å². The van der Waals surface area contributed by atoms with Crippen molar-refractivity contribution >= 4 is 41.1 Å². The highest BCUT2D eigenvalue weighted by molar-refractivity contribution is 8.00. The Hall–Kier alpha value is -3.64. The van der Waals surface area contributed by atoms with E-state index in [0.29, 0.717) is 16.1 Å². The molecule has 0 heterocycles. The van der Waals surface area contributed by atoms with Crippen LogP contribution < -0.4 is 10.6 Å². The van der Waals surface area contributed by atoms with E-state index in [1.165, 1.54) is 0 Å². The lowest BCUT2D eigenvalue weighted by Gasteiger charge is -2.20. The van der Waals surface area contributed by atoms with Crippen molar-refractivity contribution in [3.63, 3.8) is 0 Å². The molecular formula is C25H25N3O5S. The summed E-state index contributed by atoms with van der Waals surface area (Å²) in [4.78, 5) is 49.6. The van der Waals surface area contributed by atoms with Crippen molar-refractivity contribution in [1.82, 2.24) is 5.32 Å². The largest absolute Gasteiger partial charge is 0.452 e. The molecule has 176 valence electrons. The minimum atomic E-state index is -0.717. The number of nitrogens with one attached hydrogen (secondary N) is 2. The normalized spacial score (nSPS) is 13.4. The molecule has 3 rings (SSSR count). The topological polar surface area (TPSA) is 125 Å². The Morgan fingerprint density at radius 1 is 1.00 bits per heavy atom. The van der Waals surface area contributed by atoms with Crippen LogP contribution in [-0.2, 0) is 19.1 Å². The molecule has 1 saturated carbocycles. The SMILES string of the molecule is N#Cc1cccc(NC(=O)CSc2ccccc2C(=O)OCC(=O)NC(=O)C2CCCCC2)c1. The molecule has 1 aliphatic rings. The predicted octanol–water partition coefficient (Wildman–Crippen LogP) is 3.67. The molecule has 0 bridgehead atoms. The van der Waals surface area contributed by atoms with Gasteiger partial charge in [-0.15, -0.1) is 11.8 Å². The van der Waals surface area contributed by atoms with Gasteiger partial charge in [0.25, 0.3) is 5.91 Å². The van der Waals surface area contributed by atoms with Crippen molar-refractivity contribution in [1.29, 1.82) is 5.26 Å². The molecular weight excluding hydrogens is 454 g/mol. The molecule has 0 atom stereocenters. The van der Waals surface area contributed by atoms with Gasteiger partial charge in [-0.2, -0.15) is 5.26 Å². The molecule has 2 N–H and O–H groups in total. The quantitative estimate of drug-likeness (QED) is 0.437. The van der Waals surface area contributed by atoms with Crippen molar-refractivity contribution in [2.24, 2.45) is 5.92 Å². The highest BCUT2D eigenvalue weighted by Gasteiger charge is 2.23. The van der Waals surface area contributed by atoms with E-state index in [9.17, 15) is 19.2 Å². The van der Waals surface area contributed by atoms with Gasteiger partial charge in [0, 0.05) is 16.5 Å². The molecule has 0 unspecified atom stereocenters. The zero-order chi connectivity index (χ0) is 24.3. The Morgan fingerprint density at radius 3 is 2.53 bits per heavy atom. The lowest BCUT2D eigenvalue weighted by atomic mass is 9.89. The fourth-order valence-corrected chi connectivity index (χ4v) is 4.46. The first-order chi connectivity index (χ1) is 16.5. The number of thioether (sulfide) groups is 1. The van der Waals surface area contributed by atoms with Gasteiger partial charge in [0.2, 0.25) is 11.8 Å². The molecule has 0 saturated heterocycles. The van der Waals surface area contributed by atoms with Crippen molar-refractivity contribution in [3.05, 3.63) is 59.7 Å². The standard InChI is InChI=1S/C25H25N3O5S/c26-14-17-7-6-10-19(13-17)27-23(30)16-34-21-12-5-4-11-20(21)25(32)33-15-22(29)28-24(31)18-8-2-1-3-9-18/h4-7,10-13,18H,1-3,8-9,15-16H2,(H,27,30)(H,28,29,31). The summed E-state index contributed by atoms with van der Waals surface area (Å²) in [5.74, 6) is -2.14. The minimum Gasteiger partial charge on any atom is -0.452 e. The van der Waals surface area contributed by atoms with Crippen LogP contribution in [0.15, 0.2) is 53.4 Å². The number of hydrogen-bond acceptors (Lipinski definition) is 7. The van der Waals surface area contributed by atoms with Crippen molar-refractivity contribution in [3.8, 4) is 6.07 Å². The molecule has 3 amide bonds. The number of ether oxygens (including phenoxy) is 1. The monoisotopic (exact) mass is 479 g/mol. The van der Waals surface area contributed by atoms with E-state index in [1.807, 2.05) is 6.07 Å². The number of benzene rings is 2. The van der Waals surface area contributed by atoms with Gasteiger partial charge in [0.1, 0.15) is 0 Å². The van der Waals surface area contributed by atoms with E-state index < -0.39 is 18.5 Å². The zero-order valence-electron chi connectivity index (χ0n) is 18.5. The van der Waals surface area contributed by atoms with Crippen LogP contribution in [-0.4, -0.2) is 36.1 Å². The van der Waals surface area contributed by atoms with E-state index in [0.717, 1.165) is 43.9 Å². The number of anilines is 1. The maximum absolute atomic E-state index is 12.5.